The van der Waals surface area contributed by atoms with Crippen LogP contribution in [0.5, 0.6) is 5.75 Å². The van der Waals surface area contributed by atoms with Crippen molar-refractivity contribution >= 4 is 17.3 Å². The number of rotatable bonds is 6. The third-order valence-electron chi connectivity index (χ3n) is 3.72. The van der Waals surface area contributed by atoms with Gasteiger partial charge in [-0.25, -0.2) is 4.98 Å². The average Bonchev–Trinajstić information content (AvgIpc) is 3.16. The van der Waals surface area contributed by atoms with Gasteiger partial charge in [0.05, 0.1) is 5.69 Å². The Labute approximate surface area is 133 Å². The van der Waals surface area contributed by atoms with Crippen LogP contribution in [-0.2, 0) is 17.9 Å². The van der Waals surface area contributed by atoms with Crippen LogP contribution in [0.15, 0.2) is 35.7 Å². The lowest BCUT2D eigenvalue weighted by Gasteiger charge is -2.19. The smallest absolute Gasteiger partial charge is 0.320 e. The van der Waals surface area contributed by atoms with E-state index in [1.54, 1.807) is 11.3 Å². The van der Waals surface area contributed by atoms with Gasteiger partial charge in [0.25, 0.3) is 0 Å². The van der Waals surface area contributed by atoms with Crippen LogP contribution in [0.3, 0.4) is 0 Å². The Balaban J connectivity index is 1.56. The van der Waals surface area contributed by atoms with Crippen LogP contribution in [0.1, 0.15) is 23.5 Å². The minimum Gasteiger partial charge on any atom is -0.486 e. The van der Waals surface area contributed by atoms with Gasteiger partial charge in [-0.1, -0.05) is 18.2 Å². The predicted octanol–water partition coefficient (Wildman–Crippen LogP) is 2.77. The van der Waals surface area contributed by atoms with Crippen LogP contribution in [0.2, 0.25) is 0 Å². The molecule has 1 aliphatic heterocycles. The van der Waals surface area contributed by atoms with Crippen molar-refractivity contribution in [1.29, 1.82) is 0 Å². The number of carboxylic acids is 1. The van der Waals surface area contributed by atoms with Crippen LogP contribution in [0.4, 0.5) is 0 Å². The summed E-state index contributed by atoms with van der Waals surface area (Å²) in [6.45, 7) is 1.86. The van der Waals surface area contributed by atoms with Crippen molar-refractivity contribution in [3.63, 3.8) is 0 Å². The summed E-state index contributed by atoms with van der Waals surface area (Å²) in [6.07, 6.45) is 1.66. The first-order chi connectivity index (χ1) is 10.7. The van der Waals surface area contributed by atoms with Gasteiger partial charge in [-0.3, -0.25) is 9.69 Å². The minimum atomic E-state index is -0.736. The second-order valence-corrected chi connectivity index (χ2v) is 6.24. The molecule has 1 atom stereocenters. The second-order valence-electron chi connectivity index (χ2n) is 5.30. The first-order valence-corrected chi connectivity index (χ1v) is 8.18. The van der Waals surface area contributed by atoms with E-state index in [9.17, 15) is 9.90 Å². The van der Waals surface area contributed by atoms with Gasteiger partial charge in [0.2, 0.25) is 0 Å². The summed E-state index contributed by atoms with van der Waals surface area (Å²) < 4.78 is 5.67. The van der Waals surface area contributed by atoms with Gasteiger partial charge in [-0.15, -0.1) is 11.3 Å². The largest absolute Gasteiger partial charge is 0.486 e. The Hall–Kier alpha value is -1.92. The van der Waals surface area contributed by atoms with Crippen molar-refractivity contribution in [2.24, 2.45) is 0 Å². The molecule has 0 saturated carbocycles. The second kappa shape index (κ2) is 6.89. The van der Waals surface area contributed by atoms with E-state index >= 15 is 0 Å². The zero-order valence-corrected chi connectivity index (χ0v) is 13.0. The zero-order chi connectivity index (χ0) is 15.4. The van der Waals surface area contributed by atoms with Gasteiger partial charge >= 0.3 is 5.97 Å². The van der Waals surface area contributed by atoms with Crippen LogP contribution in [-0.4, -0.2) is 33.5 Å². The molecule has 1 fully saturated rings. The average molecular weight is 318 g/mol. The molecular weight excluding hydrogens is 300 g/mol. The first-order valence-electron chi connectivity index (χ1n) is 7.30. The highest BCUT2D eigenvalue weighted by atomic mass is 32.1. The number of thiazole rings is 1. The number of aromatic nitrogens is 1. The van der Waals surface area contributed by atoms with Crippen molar-refractivity contribution in [1.82, 2.24) is 9.88 Å². The third kappa shape index (κ3) is 3.64. The van der Waals surface area contributed by atoms with Gasteiger partial charge in [-0.2, -0.15) is 0 Å². The fraction of sp³-hybridized carbons (Fsp3) is 0.375. The molecule has 1 saturated heterocycles. The number of benzene rings is 1. The Morgan fingerprint density at radius 2 is 2.23 bits per heavy atom. The summed E-state index contributed by atoms with van der Waals surface area (Å²) in [4.78, 5) is 17.7. The van der Waals surface area contributed by atoms with Gasteiger partial charge in [0, 0.05) is 11.9 Å². The number of aliphatic carboxylic acids is 1. The molecule has 3 rings (SSSR count). The number of carbonyl (C=O) groups is 1. The van der Waals surface area contributed by atoms with E-state index in [0.29, 0.717) is 13.2 Å². The van der Waals surface area contributed by atoms with Gasteiger partial charge in [0.1, 0.15) is 23.4 Å². The molecule has 116 valence electrons. The fourth-order valence-corrected chi connectivity index (χ4v) is 3.35. The number of hydrogen-bond donors (Lipinski definition) is 1. The van der Waals surface area contributed by atoms with E-state index in [0.717, 1.165) is 35.8 Å². The molecule has 0 radical (unpaired) electrons. The Kier molecular flexibility index (Phi) is 4.70. The molecule has 1 N–H and O–H groups in total. The monoisotopic (exact) mass is 318 g/mol. The van der Waals surface area contributed by atoms with E-state index in [1.165, 1.54) is 0 Å². The van der Waals surface area contributed by atoms with Crippen LogP contribution in [0.25, 0.3) is 0 Å². The summed E-state index contributed by atoms with van der Waals surface area (Å²) in [7, 11) is 0. The standard InChI is InChI=1S/C16H18N2O3S/c19-16(20)14-7-4-8-18(14)9-12-11-22-15(17-12)10-21-13-5-2-1-3-6-13/h1-3,5-6,11,14H,4,7-10H2,(H,19,20). The summed E-state index contributed by atoms with van der Waals surface area (Å²) in [6, 6.07) is 9.27. The molecular formula is C16H18N2O3S. The summed E-state index contributed by atoms with van der Waals surface area (Å²) >= 11 is 1.55. The number of hydrogen-bond acceptors (Lipinski definition) is 5. The van der Waals surface area contributed by atoms with Gasteiger partial charge < -0.3 is 9.84 Å². The van der Waals surface area contributed by atoms with Crippen molar-refractivity contribution < 1.29 is 14.6 Å². The fourth-order valence-electron chi connectivity index (χ4n) is 2.65. The Bertz CT molecular complexity index is 629. The minimum absolute atomic E-state index is 0.370. The molecule has 0 amide bonds. The van der Waals surface area contributed by atoms with E-state index in [1.807, 2.05) is 40.6 Å². The number of ether oxygens (including phenoxy) is 1. The lowest BCUT2D eigenvalue weighted by atomic mass is 10.2. The highest BCUT2D eigenvalue weighted by Crippen LogP contribution is 2.21. The lowest BCUT2D eigenvalue weighted by Crippen LogP contribution is -2.35. The first kappa shape index (κ1) is 15.0. The maximum atomic E-state index is 11.2. The van der Waals surface area contributed by atoms with Crippen molar-refractivity contribution in [2.75, 3.05) is 6.54 Å². The third-order valence-corrected chi connectivity index (χ3v) is 4.59. The number of carboxylic acid groups (broad SMARTS) is 1. The lowest BCUT2D eigenvalue weighted by molar-refractivity contribution is -0.142. The van der Waals surface area contributed by atoms with Crippen LogP contribution in [0, 0.1) is 0 Å². The SMILES string of the molecule is O=C(O)C1CCCN1Cc1csc(COc2ccccc2)n1. The number of likely N-dealkylation sites (tertiary alicyclic amines) is 1. The summed E-state index contributed by atoms with van der Waals surface area (Å²) in [5.74, 6) is 0.0881. The van der Waals surface area contributed by atoms with E-state index in [2.05, 4.69) is 4.98 Å². The van der Waals surface area contributed by atoms with Crippen molar-refractivity contribution in [3.8, 4) is 5.75 Å². The van der Waals surface area contributed by atoms with Gasteiger partial charge in [0.15, 0.2) is 0 Å². The zero-order valence-electron chi connectivity index (χ0n) is 12.1. The quantitative estimate of drug-likeness (QED) is 0.887. The normalized spacial score (nSPS) is 18.5. The molecule has 2 heterocycles. The molecule has 0 spiro atoms. The molecule has 22 heavy (non-hydrogen) atoms. The summed E-state index contributed by atoms with van der Waals surface area (Å²) in [5, 5.41) is 12.1. The van der Waals surface area contributed by atoms with Crippen LogP contribution < -0.4 is 4.74 Å². The van der Waals surface area contributed by atoms with Crippen LogP contribution >= 0.6 is 11.3 Å². The Morgan fingerprint density at radius 3 is 3.00 bits per heavy atom. The maximum absolute atomic E-state index is 11.2. The Morgan fingerprint density at radius 1 is 1.41 bits per heavy atom. The molecule has 1 unspecified atom stereocenters. The molecule has 0 aliphatic carbocycles. The van der Waals surface area contributed by atoms with E-state index < -0.39 is 5.97 Å². The topological polar surface area (TPSA) is 62.7 Å². The molecule has 1 aromatic heterocycles. The molecule has 2 aromatic rings. The van der Waals surface area contributed by atoms with Gasteiger partial charge in [-0.05, 0) is 31.5 Å². The molecule has 0 bridgehead atoms. The maximum Gasteiger partial charge on any atom is 0.320 e. The van der Waals surface area contributed by atoms with Crippen molar-refractivity contribution in [2.45, 2.75) is 32.0 Å². The predicted molar refractivity (Wildman–Crippen MR) is 84.0 cm³/mol. The van der Waals surface area contributed by atoms with E-state index in [-0.39, 0.29) is 6.04 Å². The van der Waals surface area contributed by atoms with E-state index in [4.69, 9.17) is 4.74 Å². The highest BCUT2D eigenvalue weighted by molar-refractivity contribution is 7.09. The summed E-state index contributed by atoms with van der Waals surface area (Å²) in [5.41, 5.74) is 0.921. The highest BCUT2D eigenvalue weighted by Gasteiger charge is 2.30. The van der Waals surface area contributed by atoms with Crippen molar-refractivity contribution in [3.05, 3.63) is 46.4 Å². The molecule has 5 nitrogen and oxygen atoms in total. The number of para-hydroxylation sites is 1. The molecule has 1 aliphatic rings. The molecule has 6 heteroatoms. The number of nitrogens with zero attached hydrogens (tertiary/aromatic N) is 2. The molecule has 1 aromatic carbocycles.